The van der Waals surface area contributed by atoms with E-state index in [2.05, 4.69) is 26.5 Å². The van der Waals surface area contributed by atoms with Gasteiger partial charge in [0.1, 0.15) is 0 Å². The molecule has 1 amide bonds. The highest BCUT2D eigenvalue weighted by Gasteiger charge is 2.22. The van der Waals surface area contributed by atoms with Gasteiger partial charge in [0.15, 0.2) is 5.82 Å². The molecule has 0 unspecified atom stereocenters. The second kappa shape index (κ2) is 16.4. The summed E-state index contributed by atoms with van der Waals surface area (Å²) in [4.78, 5) is 30.9. The number of hydrogen-bond acceptors (Lipinski definition) is 5. The second-order valence-electron chi connectivity index (χ2n) is 10.3. The zero-order valence-corrected chi connectivity index (χ0v) is 22.3. The molecule has 1 saturated heterocycles. The molecule has 1 aromatic heterocycles. The summed E-state index contributed by atoms with van der Waals surface area (Å²) in [6, 6.07) is 7.14. The molecule has 3 rings (SSSR count). The van der Waals surface area contributed by atoms with Crippen LogP contribution in [-0.4, -0.2) is 58.6 Å². The predicted molar refractivity (Wildman–Crippen MR) is 145 cm³/mol. The van der Waals surface area contributed by atoms with Gasteiger partial charge < -0.3 is 4.90 Å². The van der Waals surface area contributed by atoms with E-state index in [1.165, 1.54) is 89.9 Å². The number of amides is 1. The molecule has 0 spiro atoms. The minimum atomic E-state index is -0.586. The Morgan fingerprint density at radius 2 is 1.33 bits per heavy atom. The molecule has 1 fully saturated rings. The number of benzene rings is 1. The quantitative estimate of drug-likeness (QED) is 0.260. The number of H-pyrrole nitrogens is 1. The first kappa shape index (κ1) is 28.2. The van der Waals surface area contributed by atoms with Crippen LogP contribution < -0.4 is 5.76 Å². The van der Waals surface area contributed by atoms with Gasteiger partial charge in [-0.25, -0.2) is 4.79 Å². The fraction of sp³-hybridized carbons (Fsp3) is 0.690. The molecule has 0 bridgehead atoms. The lowest BCUT2D eigenvalue weighted by Gasteiger charge is -2.34. The maximum absolute atomic E-state index is 12.9. The molecule has 2 aromatic rings. The second-order valence-corrected chi connectivity index (χ2v) is 10.3. The van der Waals surface area contributed by atoms with Crippen molar-refractivity contribution in [3.63, 3.8) is 0 Å². The zero-order chi connectivity index (χ0) is 25.4. The number of unbranched alkanes of at least 4 members (excludes halogenated alkanes) is 13. The SMILES string of the molecule is CCCCCCCCCCCCCCCCN1CCN(C(=O)c2ccc(-c3noc(=O)[nH]3)cc2)CC1. The van der Waals surface area contributed by atoms with Gasteiger partial charge in [-0.15, -0.1) is 0 Å². The Bertz CT molecular complexity index is 913. The van der Waals surface area contributed by atoms with Crippen LogP contribution in [0.15, 0.2) is 33.6 Å². The molecule has 1 aliphatic rings. The third-order valence-electron chi connectivity index (χ3n) is 7.33. The van der Waals surface area contributed by atoms with Gasteiger partial charge in [-0.2, -0.15) is 0 Å². The van der Waals surface area contributed by atoms with Crippen LogP contribution in [0.2, 0.25) is 0 Å². The van der Waals surface area contributed by atoms with Crippen LogP contribution in [0.1, 0.15) is 107 Å². The van der Waals surface area contributed by atoms with Crippen molar-refractivity contribution in [1.29, 1.82) is 0 Å². The smallest absolute Gasteiger partial charge is 0.336 e. The minimum absolute atomic E-state index is 0.0614. The standard InChI is InChI=1S/C29H46N4O3/c1-2-3-4-5-6-7-8-9-10-11-12-13-14-15-20-32-21-23-33(24-22-32)28(34)26-18-16-25(17-19-26)27-30-29(35)36-31-27/h16-19H,2-15,20-24H2,1H3,(H,30,31,35). The van der Waals surface area contributed by atoms with E-state index in [1.807, 2.05) is 4.90 Å². The largest absolute Gasteiger partial charge is 0.439 e. The molecule has 1 N–H and O–H groups in total. The summed E-state index contributed by atoms with van der Waals surface area (Å²) in [7, 11) is 0. The number of nitrogens with one attached hydrogen (secondary N) is 1. The molecule has 200 valence electrons. The highest BCUT2D eigenvalue weighted by Crippen LogP contribution is 2.17. The number of aromatic amines is 1. The average molecular weight is 499 g/mol. The highest BCUT2D eigenvalue weighted by molar-refractivity contribution is 5.94. The lowest BCUT2D eigenvalue weighted by atomic mass is 10.0. The van der Waals surface area contributed by atoms with Crippen molar-refractivity contribution in [2.24, 2.45) is 0 Å². The summed E-state index contributed by atoms with van der Waals surface area (Å²) in [6.45, 7) is 6.87. The molecule has 0 atom stereocenters. The number of nitrogens with zero attached hydrogens (tertiary/aromatic N) is 3. The Hall–Kier alpha value is -2.41. The summed E-state index contributed by atoms with van der Waals surface area (Å²) in [5.74, 6) is -0.153. The molecule has 1 aromatic carbocycles. The van der Waals surface area contributed by atoms with Gasteiger partial charge in [-0.05, 0) is 25.1 Å². The molecule has 0 radical (unpaired) electrons. The van der Waals surface area contributed by atoms with E-state index in [9.17, 15) is 9.59 Å². The van der Waals surface area contributed by atoms with E-state index >= 15 is 0 Å². The van der Waals surface area contributed by atoms with E-state index in [-0.39, 0.29) is 5.91 Å². The minimum Gasteiger partial charge on any atom is -0.336 e. The van der Waals surface area contributed by atoms with E-state index in [0.29, 0.717) is 11.4 Å². The molecule has 0 saturated carbocycles. The molecule has 36 heavy (non-hydrogen) atoms. The van der Waals surface area contributed by atoms with Crippen LogP contribution in [0.3, 0.4) is 0 Å². The normalized spacial score (nSPS) is 14.4. The van der Waals surface area contributed by atoms with Crippen LogP contribution >= 0.6 is 0 Å². The topological polar surface area (TPSA) is 82.4 Å². The number of rotatable bonds is 17. The van der Waals surface area contributed by atoms with Crippen molar-refractivity contribution < 1.29 is 9.32 Å². The van der Waals surface area contributed by atoms with Crippen molar-refractivity contribution in [2.45, 2.75) is 96.8 Å². The van der Waals surface area contributed by atoms with Crippen LogP contribution in [-0.2, 0) is 0 Å². The van der Waals surface area contributed by atoms with Gasteiger partial charge in [-0.3, -0.25) is 19.2 Å². The third kappa shape index (κ3) is 9.92. The number of aromatic nitrogens is 2. The summed E-state index contributed by atoms with van der Waals surface area (Å²) in [5, 5.41) is 3.68. The van der Waals surface area contributed by atoms with E-state index in [1.54, 1.807) is 24.3 Å². The van der Waals surface area contributed by atoms with Crippen molar-refractivity contribution in [2.75, 3.05) is 32.7 Å². The van der Waals surface area contributed by atoms with E-state index in [4.69, 9.17) is 0 Å². The Kier molecular flexibility index (Phi) is 12.8. The summed E-state index contributed by atoms with van der Waals surface area (Å²) in [6.07, 6.45) is 19.4. The Labute approximate surface area is 216 Å². The predicted octanol–water partition coefficient (Wildman–Crippen LogP) is 6.27. The fourth-order valence-corrected chi connectivity index (χ4v) is 5.01. The van der Waals surface area contributed by atoms with Crippen LogP contribution in [0.4, 0.5) is 0 Å². The summed E-state index contributed by atoms with van der Waals surface area (Å²) < 4.78 is 4.54. The number of hydrogen-bond donors (Lipinski definition) is 1. The van der Waals surface area contributed by atoms with Gasteiger partial charge in [0.2, 0.25) is 0 Å². The van der Waals surface area contributed by atoms with Crippen molar-refractivity contribution >= 4 is 5.91 Å². The van der Waals surface area contributed by atoms with Crippen molar-refractivity contribution in [1.82, 2.24) is 19.9 Å². The molecule has 7 nitrogen and oxygen atoms in total. The van der Waals surface area contributed by atoms with Gasteiger partial charge in [0.25, 0.3) is 5.91 Å². The Morgan fingerprint density at radius 3 is 1.83 bits per heavy atom. The Morgan fingerprint density at radius 1 is 0.806 bits per heavy atom. The summed E-state index contributed by atoms with van der Waals surface area (Å²) >= 11 is 0. The Balaban J connectivity index is 1.19. The number of carbonyl (C=O) groups is 1. The molecule has 7 heteroatoms. The third-order valence-corrected chi connectivity index (χ3v) is 7.33. The maximum Gasteiger partial charge on any atom is 0.439 e. The lowest BCUT2D eigenvalue weighted by Crippen LogP contribution is -2.48. The first-order valence-corrected chi connectivity index (χ1v) is 14.4. The highest BCUT2D eigenvalue weighted by atomic mass is 16.5. The van der Waals surface area contributed by atoms with Crippen LogP contribution in [0.25, 0.3) is 11.4 Å². The molecule has 2 heterocycles. The molecular formula is C29H46N4O3. The van der Waals surface area contributed by atoms with Crippen LogP contribution in [0.5, 0.6) is 0 Å². The first-order valence-electron chi connectivity index (χ1n) is 14.4. The molecule has 1 aliphatic heterocycles. The van der Waals surface area contributed by atoms with E-state index in [0.717, 1.165) is 38.3 Å². The number of piperazine rings is 1. The summed E-state index contributed by atoms with van der Waals surface area (Å²) in [5.41, 5.74) is 1.38. The fourth-order valence-electron chi connectivity index (χ4n) is 5.01. The van der Waals surface area contributed by atoms with Gasteiger partial charge in [0, 0.05) is 37.3 Å². The molecular weight excluding hydrogens is 452 g/mol. The van der Waals surface area contributed by atoms with Crippen LogP contribution in [0, 0.1) is 0 Å². The van der Waals surface area contributed by atoms with Crippen molar-refractivity contribution in [3.05, 3.63) is 40.4 Å². The lowest BCUT2D eigenvalue weighted by molar-refractivity contribution is 0.0635. The molecule has 0 aliphatic carbocycles. The van der Waals surface area contributed by atoms with Crippen molar-refractivity contribution in [3.8, 4) is 11.4 Å². The zero-order valence-electron chi connectivity index (χ0n) is 22.3. The average Bonchev–Trinajstić information content (AvgIpc) is 3.35. The van der Waals surface area contributed by atoms with Gasteiger partial charge >= 0.3 is 5.76 Å². The number of carbonyl (C=O) groups excluding carboxylic acids is 1. The maximum atomic E-state index is 12.9. The monoisotopic (exact) mass is 498 g/mol. The van der Waals surface area contributed by atoms with Gasteiger partial charge in [-0.1, -0.05) is 108 Å². The van der Waals surface area contributed by atoms with Gasteiger partial charge in [0.05, 0.1) is 0 Å². The van der Waals surface area contributed by atoms with E-state index < -0.39 is 5.76 Å². The first-order chi connectivity index (χ1) is 17.7.